The lowest BCUT2D eigenvalue weighted by molar-refractivity contribution is -0.137. The van der Waals surface area contributed by atoms with Gasteiger partial charge in [-0.05, 0) is 43.2 Å². The van der Waals surface area contributed by atoms with Gasteiger partial charge in [0.05, 0.1) is 17.4 Å². The van der Waals surface area contributed by atoms with E-state index in [0.29, 0.717) is 0 Å². The molecule has 116 valence electrons. The van der Waals surface area contributed by atoms with Crippen LogP contribution < -0.4 is 0 Å². The summed E-state index contributed by atoms with van der Waals surface area (Å²) in [5.74, 6) is -0.659. The van der Waals surface area contributed by atoms with Crippen LogP contribution in [0.15, 0.2) is 36.6 Å². The van der Waals surface area contributed by atoms with Crippen LogP contribution >= 0.6 is 0 Å². The first-order valence-electron chi connectivity index (χ1n) is 6.98. The number of hydrogen-bond acceptors (Lipinski definition) is 2. The molecule has 0 spiro atoms. The maximum atomic E-state index is 12.4. The zero-order valence-corrected chi connectivity index (χ0v) is 12.0. The zero-order valence-electron chi connectivity index (χ0n) is 12.0. The van der Waals surface area contributed by atoms with Gasteiger partial charge in [-0.25, -0.2) is 4.79 Å². The Hall–Kier alpha value is -1.78. The number of halogens is 3. The van der Waals surface area contributed by atoms with E-state index in [9.17, 15) is 18.0 Å². The van der Waals surface area contributed by atoms with Crippen LogP contribution in [-0.2, 0) is 10.9 Å². The predicted molar refractivity (Wildman–Crippen MR) is 74.8 cm³/mol. The fourth-order valence-corrected chi connectivity index (χ4v) is 1.73. The highest BCUT2D eigenvalue weighted by Gasteiger charge is 2.30. The van der Waals surface area contributed by atoms with Crippen molar-refractivity contribution >= 4 is 5.97 Å². The van der Waals surface area contributed by atoms with Crippen LogP contribution in [-0.4, -0.2) is 5.97 Å². The van der Waals surface area contributed by atoms with Gasteiger partial charge in [0.1, 0.15) is 0 Å². The van der Waals surface area contributed by atoms with Crippen LogP contribution in [0, 0.1) is 0 Å². The molecule has 0 fully saturated rings. The number of unbranched alkanes of at least 4 members (excludes halogenated alkanes) is 4. The molecule has 21 heavy (non-hydrogen) atoms. The van der Waals surface area contributed by atoms with E-state index < -0.39 is 17.7 Å². The van der Waals surface area contributed by atoms with Crippen LogP contribution in [0.4, 0.5) is 13.2 Å². The van der Waals surface area contributed by atoms with Crippen LogP contribution in [0.25, 0.3) is 0 Å². The fraction of sp³-hybridized carbons (Fsp3) is 0.438. The monoisotopic (exact) mass is 300 g/mol. The average Bonchev–Trinajstić information content (AvgIpc) is 2.45. The van der Waals surface area contributed by atoms with Gasteiger partial charge in [-0.15, -0.1) is 0 Å². The zero-order chi connectivity index (χ0) is 15.7. The van der Waals surface area contributed by atoms with Crippen molar-refractivity contribution in [3.63, 3.8) is 0 Å². The number of esters is 1. The predicted octanol–water partition coefficient (Wildman–Crippen LogP) is 5.35. The number of hydrogen-bond donors (Lipinski definition) is 0. The molecule has 1 rings (SSSR count). The smallest absolute Gasteiger partial charge is 0.416 e. The molecule has 0 saturated carbocycles. The van der Waals surface area contributed by atoms with E-state index in [2.05, 4.69) is 6.92 Å². The Balaban J connectivity index is 2.40. The van der Waals surface area contributed by atoms with Gasteiger partial charge in [0.15, 0.2) is 0 Å². The number of carbonyl (C=O) groups is 1. The molecule has 5 heteroatoms. The minimum atomic E-state index is -4.40. The number of ether oxygens (including phenoxy) is 1. The Morgan fingerprint density at radius 3 is 2.38 bits per heavy atom. The van der Waals surface area contributed by atoms with Crippen molar-refractivity contribution in [2.24, 2.45) is 0 Å². The second-order valence-electron chi connectivity index (χ2n) is 4.70. The number of carbonyl (C=O) groups excluding carboxylic acids is 1. The first kappa shape index (κ1) is 17.3. The molecule has 0 aliphatic heterocycles. The molecule has 0 aliphatic carbocycles. The highest BCUT2D eigenvalue weighted by molar-refractivity contribution is 5.89. The summed E-state index contributed by atoms with van der Waals surface area (Å²) in [7, 11) is 0. The molecule has 0 amide bonds. The van der Waals surface area contributed by atoms with Gasteiger partial charge in [0, 0.05) is 0 Å². The Morgan fingerprint density at radius 2 is 1.81 bits per heavy atom. The van der Waals surface area contributed by atoms with Crippen molar-refractivity contribution < 1.29 is 22.7 Å². The Labute approximate surface area is 122 Å². The maximum Gasteiger partial charge on any atom is 0.416 e. The third-order valence-corrected chi connectivity index (χ3v) is 2.94. The van der Waals surface area contributed by atoms with Gasteiger partial charge >= 0.3 is 12.1 Å². The summed E-state index contributed by atoms with van der Waals surface area (Å²) in [6.45, 7) is 2.13. The summed E-state index contributed by atoms with van der Waals surface area (Å²) in [4.78, 5) is 11.6. The second-order valence-corrected chi connectivity index (χ2v) is 4.70. The normalized spacial score (nSPS) is 11.8. The van der Waals surface area contributed by atoms with E-state index in [-0.39, 0.29) is 5.56 Å². The molecule has 0 saturated heterocycles. The summed E-state index contributed by atoms with van der Waals surface area (Å²) < 4.78 is 42.0. The second kappa shape index (κ2) is 8.49. The minimum Gasteiger partial charge on any atom is -0.431 e. The van der Waals surface area contributed by atoms with Crippen molar-refractivity contribution in [1.82, 2.24) is 0 Å². The van der Waals surface area contributed by atoms with Crippen molar-refractivity contribution in [3.8, 4) is 0 Å². The summed E-state index contributed by atoms with van der Waals surface area (Å²) in [5.41, 5.74) is -0.691. The molecule has 1 aromatic carbocycles. The van der Waals surface area contributed by atoms with E-state index in [4.69, 9.17) is 4.74 Å². The first-order valence-corrected chi connectivity index (χ1v) is 6.98. The molecular formula is C16H19F3O2. The Bertz CT molecular complexity index is 461. The van der Waals surface area contributed by atoms with Gasteiger partial charge in [0.2, 0.25) is 0 Å². The molecule has 0 unspecified atom stereocenters. The highest BCUT2D eigenvalue weighted by Crippen LogP contribution is 2.29. The van der Waals surface area contributed by atoms with Crippen molar-refractivity contribution in [2.75, 3.05) is 0 Å². The molecule has 1 aromatic rings. The Kier molecular flexibility index (Phi) is 6.99. The summed E-state index contributed by atoms with van der Waals surface area (Å²) in [5, 5.41) is 0. The highest BCUT2D eigenvalue weighted by atomic mass is 19.4. The molecule has 0 N–H and O–H groups in total. The van der Waals surface area contributed by atoms with Gasteiger partial charge in [-0.2, -0.15) is 13.2 Å². The number of benzene rings is 1. The van der Waals surface area contributed by atoms with Crippen molar-refractivity contribution in [2.45, 2.75) is 45.2 Å². The lowest BCUT2D eigenvalue weighted by atomic mass is 10.1. The SMILES string of the molecule is CCCCCC/C=C\OC(=O)c1ccc(C(F)(F)F)cc1. The third kappa shape index (κ3) is 6.47. The quantitative estimate of drug-likeness (QED) is 0.385. The van der Waals surface area contributed by atoms with Crippen LogP contribution in [0.5, 0.6) is 0 Å². The largest absolute Gasteiger partial charge is 0.431 e. The summed E-state index contributed by atoms with van der Waals surface area (Å²) in [6, 6.07) is 3.95. The van der Waals surface area contributed by atoms with Crippen LogP contribution in [0.3, 0.4) is 0 Å². The third-order valence-electron chi connectivity index (χ3n) is 2.94. The lowest BCUT2D eigenvalue weighted by Crippen LogP contribution is -2.06. The van der Waals surface area contributed by atoms with Crippen LogP contribution in [0.1, 0.15) is 54.9 Å². The van der Waals surface area contributed by atoms with Crippen molar-refractivity contribution in [3.05, 3.63) is 47.7 Å². The lowest BCUT2D eigenvalue weighted by Gasteiger charge is -2.06. The van der Waals surface area contributed by atoms with Gasteiger partial charge < -0.3 is 4.74 Å². The molecule has 0 bridgehead atoms. The standard InChI is InChI=1S/C16H19F3O2/c1-2-3-4-5-6-7-12-21-15(20)13-8-10-14(11-9-13)16(17,18)19/h7-12H,2-6H2,1H3/b12-7-. The van der Waals surface area contributed by atoms with E-state index in [0.717, 1.165) is 49.9 Å². The molecule has 0 atom stereocenters. The fourth-order valence-electron chi connectivity index (χ4n) is 1.73. The number of alkyl halides is 3. The van der Waals surface area contributed by atoms with E-state index in [1.165, 1.54) is 12.7 Å². The van der Waals surface area contributed by atoms with E-state index in [1.807, 2.05) is 0 Å². The van der Waals surface area contributed by atoms with Gasteiger partial charge in [-0.1, -0.05) is 26.2 Å². The first-order chi connectivity index (χ1) is 9.95. The average molecular weight is 300 g/mol. The molecule has 0 aromatic heterocycles. The molecular weight excluding hydrogens is 281 g/mol. The van der Waals surface area contributed by atoms with E-state index >= 15 is 0 Å². The molecule has 0 heterocycles. The summed E-state index contributed by atoms with van der Waals surface area (Å²) in [6.07, 6.45) is 3.96. The van der Waals surface area contributed by atoms with E-state index in [1.54, 1.807) is 6.08 Å². The van der Waals surface area contributed by atoms with Gasteiger partial charge in [-0.3, -0.25) is 0 Å². The number of allylic oxidation sites excluding steroid dienone is 1. The van der Waals surface area contributed by atoms with Crippen LogP contribution in [0.2, 0.25) is 0 Å². The Morgan fingerprint density at radius 1 is 1.14 bits per heavy atom. The van der Waals surface area contributed by atoms with Crippen molar-refractivity contribution in [1.29, 1.82) is 0 Å². The topological polar surface area (TPSA) is 26.3 Å². The molecule has 0 radical (unpaired) electrons. The summed E-state index contributed by atoms with van der Waals surface area (Å²) >= 11 is 0. The minimum absolute atomic E-state index is 0.0960. The molecule has 2 nitrogen and oxygen atoms in total. The maximum absolute atomic E-state index is 12.4. The number of rotatable bonds is 7. The van der Waals surface area contributed by atoms with Gasteiger partial charge in [0.25, 0.3) is 0 Å². The molecule has 0 aliphatic rings.